The molecule has 0 radical (unpaired) electrons. The number of rotatable bonds is 4. The summed E-state index contributed by atoms with van der Waals surface area (Å²) in [6.45, 7) is 1.79. The second kappa shape index (κ2) is 4.12. The molecule has 0 aliphatic rings. The first kappa shape index (κ1) is 9.24. The lowest BCUT2D eigenvalue weighted by atomic mass is 10.9. The number of hydrogen-bond acceptors (Lipinski definition) is 3. The van der Waals surface area contributed by atoms with Gasteiger partial charge < -0.3 is 9.42 Å². The van der Waals surface area contributed by atoms with E-state index in [1.807, 2.05) is 0 Å². The molecule has 1 unspecified atom stereocenters. The van der Waals surface area contributed by atoms with Crippen LogP contribution >= 0.6 is 18.2 Å². The molecule has 0 fully saturated rings. The van der Waals surface area contributed by atoms with Crippen molar-refractivity contribution in [1.29, 1.82) is 0 Å². The lowest BCUT2D eigenvalue weighted by Gasteiger charge is -2.04. The van der Waals surface area contributed by atoms with Crippen molar-refractivity contribution in [3.05, 3.63) is 12.0 Å². The zero-order chi connectivity index (χ0) is 7.33. The average Bonchev–Trinajstić information content (AvgIpc) is 1.64. The molecule has 5 heteroatoms. The highest BCUT2D eigenvalue weighted by Crippen LogP contribution is 2.55. The Kier molecular flexibility index (Phi) is 4.23. The lowest BCUT2D eigenvalue weighted by molar-refractivity contribution is 0.291. The maximum atomic E-state index is 10.6. The Morgan fingerprint density at radius 1 is 2.00 bits per heavy atom. The average molecular weight is 168 g/mol. The van der Waals surface area contributed by atoms with Crippen LogP contribution in [0.1, 0.15) is 6.92 Å². The van der Waals surface area contributed by atoms with E-state index in [1.165, 1.54) is 5.41 Å². The fraction of sp³-hybridized carbons (Fsp3) is 0.500. The lowest BCUT2D eigenvalue weighted by Crippen LogP contribution is -1.81. The van der Waals surface area contributed by atoms with Crippen LogP contribution in [0.5, 0.6) is 0 Å². The quantitative estimate of drug-likeness (QED) is 0.652. The minimum absolute atomic E-state index is 0.245. The first-order valence-electron chi connectivity index (χ1n) is 2.39. The molecular weight excluding hydrogens is 159 g/mol. The fourth-order valence-corrected chi connectivity index (χ4v) is 1.93. The van der Waals surface area contributed by atoms with Gasteiger partial charge in [-0.1, -0.05) is 6.58 Å². The summed E-state index contributed by atoms with van der Waals surface area (Å²) in [6.07, 6.45) is 0. The maximum Gasteiger partial charge on any atom is 0.390 e. The molecule has 0 amide bonds. The van der Waals surface area contributed by atoms with Crippen molar-refractivity contribution in [2.75, 3.05) is 6.61 Å². The Labute approximate surface area is 58.4 Å². The van der Waals surface area contributed by atoms with Crippen molar-refractivity contribution in [2.45, 2.75) is 6.92 Å². The van der Waals surface area contributed by atoms with Crippen molar-refractivity contribution in [1.82, 2.24) is 0 Å². The molecule has 0 saturated carbocycles. The van der Waals surface area contributed by atoms with Gasteiger partial charge in [0, 0.05) is 0 Å². The molecule has 0 aromatic carbocycles. The Morgan fingerprint density at radius 2 is 2.56 bits per heavy atom. The Hall–Kier alpha value is 0.240. The Balaban J connectivity index is 3.71. The minimum atomic E-state index is -3.39. The summed E-state index contributed by atoms with van der Waals surface area (Å²) < 4.78 is 15.1. The Bertz CT molecular complexity index is 136. The normalized spacial score (nSPS) is 16.7. The fourth-order valence-electron chi connectivity index (χ4n) is 0.288. The van der Waals surface area contributed by atoms with Gasteiger partial charge in [-0.05, 0) is 23.7 Å². The van der Waals surface area contributed by atoms with Gasteiger partial charge in [0.05, 0.1) is 6.61 Å². The molecule has 0 rings (SSSR count). The Morgan fingerprint density at radius 3 is 2.89 bits per heavy atom. The summed E-state index contributed by atoms with van der Waals surface area (Å²) in [4.78, 5) is 8.74. The van der Waals surface area contributed by atoms with E-state index < -0.39 is 6.80 Å². The standard InChI is InChI=1S/C4H9O3PS/c1-3-7-8(5,6)9-4-2/h4H,2-3H2,1H3,(H,5,6). The molecule has 0 aliphatic carbocycles. The molecule has 0 aliphatic heterocycles. The molecular formula is C4H9O3PS. The molecule has 0 aromatic rings. The van der Waals surface area contributed by atoms with Gasteiger partial charge in [0.25, 0.3) is 0 Å². The van der Waals surface area contributed by atoms with Gasteiger partial charge >= 0.3 is 6.80 Å². The molecule has 1 atom stereocenters. The van der Waals surface area contributed by atoms with E-state index in [-0.39, 0.29) is 6.61 Å². The second-order valence-corrected chi connectivity index (χ2v) is 4.91. The molecule has 9 heavy (non-hydrogen) atoms. The zero-order valence-corrected chi connectivity index (χ0v) is 6.82. The molecule has 3 nitrogen and oxygen atoms in total. The molecule has 0 spiro atoms. The first-order valence-corrected chi connectivity index (χ1v) is 5.45. The van der Waals surface area contributed by atoms with Crippen LogP contribution in [0.4, 0.5) is 0 Å². The first-order chi connectivity index (χ1) is 4.12. The summed E-state index contributed by atoms with van der Waals surface area (Å²) in [5.41, 5.74) is 0. The molecule has 54 valence electrons. The van der Waals surface area contributed by atoms with Crippen molar-refractivity contribution in [2.24, 2.45) is 0 Å². The van der Waals surface area contributed by atoms with Crippen LogP contribution in [0, 0.1) is 0 Å². The van der Waals surface area contributed by atoms with Crippen LogP contribution in [-0.2, 0) is 9.09 Å². The third-order valence-electron chi connectivity index (χ3n) is 0.500. The third-order valence-corrected chi connectivity index (χ3v) is 3.06. The van der Waals surface area contributed by atoms with Crippen molar-refractivity contribution in [3.8, 4) is 0 Å². The van der Waals surface area contributed by atoms with Crippen LogP contribution < -0.4 is 0 Å². The zero-order valence-electron chi connectivity index (χ0n) is 5.11. The van der Waals surface area contributed by atoms with Crippen LogP contribution in [-0.4, -0.2) is 11.5 Å². The van der Waals surface area contributed by atoms with E-state index in [0.29, 0.717) is 11.4 Å². The molecule has 1 N–H and O–H groups in total. The molecule has 0 bridgehead atoms. The molecule has 0 heterocycles. The van der Waals surface area contributed by atoms with E-state index in [1.54, 1.807) is 6.92 Å². The van der Waals surface area contributed by atoms with Crippen molar-refractivity contribution < 1.29 is 14.0 Å². The third kappa shape index (κ3) is 4.73. The van der Waals surface area contributed by atoms with Gasteiger partial charge in [-0.25, -0.2) is 4.57 Å². The highest BCUT2D eigenvalue weighted by atomic mass is 32.7. The second-order valence-electron chi connectivity index (χ2n) is 1.16. The summed E-state index contributed by atoms with van der Waals surface area (Å²) >= 11 is 0.711. The van der Waals surface area contributed by atoms with Crippen molar-refractivity contribution in [3.63, 3.8) is 0 Å². The van der Waals surface area contributed by atoms with E-state index in [4.69, 9.17) is 4.89 Å². The SMILES string of the molecule is C=CSP(=O)(O)OCC. The minimum Gasteiger partial charge on any atom is -0.316 e. The van der Waals surface area contributed by atoms with E-state index in [2.05, 4.69) is 11.1 Å². The summed E-state index contributed by atoms with van der Waals surface area (Å²) in [5, 5.41) is 1.29. The summed E-state index contributed by atoms with van der Waals surface area (Å²) in [5.74, 6) is 0. The van der Waals surface area contributed by atoms with Crippen molar-refractivity contribution >= 4 is 18.2 Å². The van der Waals surface area contributed by atoms with Gasteiger partial charge in [0.15, 0.2) is 0 Å². The van der Waals surface area contributed by atoms with E-state index >= 15 is 0 Å². The van der Waals surface area contributed by atoms with Gasteiger partial charge in [-0.3, -0.25) is 0 Å². The summed E-state index contributed by atoms with van der Waals surface area (Å²) in [7, 11) is 0. The van der Waals surface area contributed by atoms with Gasteiger partial charge in [0.1, 0.15) is 0 Å². The smallest absolute Gasteiger partial charge is 0.316 e. The van der Waals surface area contributed by atoms with Crippen LogP contribution in [0.15, 0.2) is 12.0 Å². The van der Waals surface area contributed by atoms with Gasteiger partial charge in [-0.15, -0.1) is 0 Å². The van der Waals surface area contributed by atoms with Crippen LogP contribution in [0.25, 0.3) is 0 Å². The maximum absolute atomic E-state index is 10.6. The number of hydrogen-bond donors (Lipinski definition) is 1. The summed E-state index contributed by atoms with van der Waals surface area (Å²) in [6, 6.07) is 0. The highest BCUT2D eigenvalue weighted by Gasteiger charge is 2.15. The monoisotopic (exact) mass is 168 g/mol. The van der Waals surface area contributed by atoms with Crippen LogP contribution in [0.2, 0.25) is 0 Å². The molecule has 0 aromatic heterocycles. The van der Waals surface area contributed by atoms with Crippen LogP contribution in [0.3, 0.4) is 0 Å². The van der Waals surface area contributed by atoms with E-state index in [0.717, 1.165) is 0 Å². The predicted molar refractivity (Wildman–Crippen MR) is 39.2 cm³/mol. The van der Waals surface area contributed by atoms with Gasteiger partial charge in [0.2, 0.25) is 0 Å². The van der Waals surface area contributed by atoms with Gasteiger partial charge in [-0.2, -0.15) is 0 Å². The topological polar surface area (TPSA) is 46.5 Å². The largest absolute Gasteiger partial charge is 0.390 e. The molecule has 0 saturated heterocycles. The predicted octanol–water partition coefficient (Wildman–Crippen LogP) is 2.00. The highest BCUT2D eigenvalue weighted by molar-refractivity contribution is 8.56. The van der Waals surface area contributed by atoms with E-state index in [9.17, 15) is 4.57 Å².